The molecule has 2 saturated heterocycles. The van der Waals surface area contributed by atoms with Gasteiger partial charge in [0.15, 0.2) is 5.13 Å². The van der Waals surface area contributed by atoms with Crippen molar-refractivity contribution in [2.75, 3.05) is 24.1 Å². The number of fused-ring (bicyclic) bond motifs is 2. The van der Waals surface area contributed by atoms with Crippen LogP contribution in [0, 0.1) is 0 Å². The Bertz CT molecular complexity index is 545. The van der Waals surface area contributed by atoms with Gasteiger partial charge in [0.05, 0.1) is 12.2 Å². The SMILES string of the molecule is Nc1nc(NC2CCC2)sc1C(=O)N1CC2CCC(C1)O2. The van der Waals surface area contributed by atoms with E-state index in [0.717, 1.165) is 18.0 Å². The molecule has 4 rings (SSSR count). The van der Waals surface area contributed by atoms with Crippen LogP contribution in [0.4, 0.5) is 10.9 Å². The molecule has 1 saturated carbocycles. The van der Waals surface area contributed by atoms with Gasteiger partial charge in [-0.3, -0.25) is 4.79 Å². The number of nitrogens with two attached hydrogens (primary N) is 1. The highest BCUT2D eigenvalue weighted by molar-refractivity contribution is 7.18. The Morgan fingerprint density at radius 3 is 2.62 bits per heavy atom. The molecule has 1 aromatic heterocycles. The third-order valence-corrected chi connectivity index (χ3v) is 5.60. The summed E-state index contributed by atoms with van der Waals surface area (Å²) in [4.78, 5) is 19.4. The summed E-state index contributed by atoms with van der Waals surface area (Å²) in [7, 11) is 0. The minimum atomic E-state index is 0.00635. The van der Waals surface area contributed by atoms with Gasteiger partial charge in [0, 0.05) is 19.1 Å². The minimum absolute atomic E-state index is 0.00635. The number of carbonyl (C=O) groups is 1. The molecule has 3 fully saturated rings. The number of aromatic nitrogens is 1. The number of nitrogens with one attached hydrogen (secondary N) is 1. The molecule has 3 N–H and O–H groups in total. The molecule has 0 radical (unpaired) electrons. The average Bonchev–Trinajstić information content (AvgIpc) is 2.96. The molecule has 7 heteroatoms. The first kappa shape index (κ1) is 13.3. The summed E-state index contributed by atoms with van der Waals surface area (Å²) >= 11 is 1.38. The lowest BCUT2D eigenvalue weighted by Crippen LogP contribution is -2.45. The van der Waals surface area contributed by atoms with Crippen molar-refractivity contribution >= 4 is 28.2 Å². The van der Waals surface area contributed by atoms with Gasteiger partial charge in [0.25, 0.3) is 5.91 Å². The molecule has 1 aromatic rings. The number of nitrogens with zero attached hydrogens (tertiary/aromatic N) is 2. The van der Waals surface area contributed by atoms with E-state index in [0.29, 0.717) is 29.8 Å². The number of hydrogen-bond acceptors (Lipinski definition) is 6. The molecule has 3 heterocycles. The number of anilines is 2. The molecular formula is C14H20N4O2S. The first-order valence-corrected chi connectivity index (χ1v) is 8.48. The highest BCUT2D eigenvalue weighted by Crippen LogP contribution is 2.32. The van der Waals surface area contributed by atoms with Gasteiger partial charge in [-0.25, -0.2) is 4.98 Å². The third-order valence-electron chi connectivity index (χ3n) is 4.61. The largest absolute Gasteiger partial charge is 0.382 e. The standard InChI is InChI=1S/C14H20N4O2S/c15-12-11(21-14(17-12)16-8-2-1-3-8)13(19)18-6-9-4-5-10(7-18)20-9/h8-10H,1-7,15H2,(H,16,17). The van der Waals surface area contributed by atoms with E-state index >= 15 is 0 Å². The molecular weight excluding hydrogens is 288 g/mol. The van der Waals surface area contributed by atoms with E-state index in [-0.39, 0.29) is 18.1 Å². The second-order valence-electron chi connectivity index (χ2n) is 6.17. The molecule has 21 heavy (non-hydrogen) atoms. The van der Waals surface area contributed by atoms with Crippen molar-refractivity contribution in [3.05, 3.63) is 4.88 Å². The minimum Gasteiger partial charge on any atom is -0.382 e. The van der Waals surface area contributed by atoms with Crippen molar-refractivity contribution in [2.24, 2.45) is 0 Å². The summed E-state index contributed by atoms with van der Waals surface area (Å²) in [6.45, 7) is 1.36. The van der Waals surface area contributed by atoms with Gasteiger partial charge in [-0.15, -0.1) is 0 Å². The van der Waals surface area contributed by atoms with E-state index < -0.39 is 0 Å². The van der Waals surface area contributed by atoms with Gasteiger partial charge in [-0.1, -0.05) is 11.3 Å². The van der Waals surface area contributed by atoms with Crippen molar-refractivity contribution in [3.8, 4) is 0 Å². The topological polar surface area (TPSA) is 80.5 Å². The number of rotatable bonds is 3. The number of hydrogen-bond donors (Lipinski definition) is 2. The zero-order valence-electron chi connectivity index (χ0n) is 11.9. The summed E-state index contributed by atoms with van der Waals surface area (Å²) in [5.41, 5.74) is 5.95. The van der Waals surface area contributed by atoms with Gasteiger partial charge in [0.2, 0.25) is 0 Å². The van der Waals surface area contributed by atoms with Crippen LogP contribution in [0.5, 0.6) is 0 Å². The maximum atomic E-state index is 12.7. The molecule has 1 aliphatic carbocycles. The Morgan fingerprint density at radius 2 is 2.00 bits per heavy atom. The van der Waals surface area contributed by atoms with Gasteiger partial charge in [0.1, 0.15) is 10.7 Å². The second-order valence-corrected chi connectivity index (χ2v) is 7.17. The van der Waals surface area contributed by atoms with E-state index in [1.165, 1.54) is 30.6 Å². The Hall–Kier alpha value is -1.34. The third kappa shape index (κ3) is 2.48. The number of thiazole rings is 1. The normalized spacial score (nSPS) is 28.5. The highest BCUT2D eigenvalue weighted by Gasteiger charge is 2.37. The summed E-state index contributed by atoms with van der Waals surface area (Å²) in [6, 6.07) is 0.498. The van der Waals surface area contributed by atoms with E-state index in [1.807, 2.05) is 4.90 Å². The summed E-state index contributed by atoms with van der Waals surface area (Å²) in [5, 5.41) is 4.13. The Kier molecular flexibility index (Phi) is 3.26. The van der Waals surface area contributed by atoms with E-state index in [4.69, 9.17) is 10.5 Å². The number of ether oxygens (including phenoxy) is 1. The number of amides is 1. The highest BCUT2D eigenvalue weighted by atomic mass is 32.1. The first-order chi connectivity index (χ1) is 10.2. The van der Waals surface area contributed by atoms with E-state index in [2.05, 4.69) is 10.3 Å². The fourth-order valence-corrected chi connectivity index (χ4v) is 4.13. The zero-order valence-corrected chi connectivity index (χ0v) is 12.7. The average molecular weight is 308 g/mol. The van der Waals surface area contributed by atoms with Crippen LogP contribution in [0.3, 0.4) is 0 Å². The van der Waals surface area contributed by atoms with Crippen molar-refractivity contribution in [1.82, 2.24) is 9.88 Å². The molecule has 6 nitrogen and oxygen atoms in total. The summed E-state index contributed by atoms with van der Waals surface area (Å²) in [6.07, 6.45) is 6.14. The van der Waals surface area contributed by atoms with Gasteiger partial charge in [-0.2, -0.15) is 0 Å². The molecule has 2 bridgehead atoms. The molecule has 2 atom stereocenters. The van der Waals surface area contributed by atoms with Crippen molar-refractivity contribution in [2.45, 2.75) is 50.4 Å². The van der Waals surface area contributed by atoms with Crippen LogP contribution in [0.1, 0.15) is 41.8 Å². The molecule has 0 spiro atoms. The molecule has 0 aromatic carbocycles. The molecule has 1 amide bonds. The Balaban J connectivity index is 1.48. The van der Waals surface area contributed by atoms with Crippen LogP contribution in [0.25, 0.3) is 0 Å². The molecule has 3 aliphatic rings. The smallest absolute Gasteiger partial charge is 0.268 e. The summed E-state index contributed by atoms with van der Waals surface area (Å²) < 4.78 is 5.77. The maximum absolute atomic E-state index is 12.7. The van der Waals surface area contributed by atoms with Crippen LogP contribution < -0.4 is 11.1 Å². The lowest BCUT2D eigenvalue weighted by molar-refractivity contribution is -0.0301. The number of likely N-dealkylation sites (tertiary alicyclic amines) is 1. The Labute approximate surface area is 127 Å². The van der Waals surface area contributed by atoms with Gasteiger partial charge < -0.3 is 20.7 Å². The first-order valence-electron chi connectivity index (χ1n) is 7.66. The molecule has 2 aliphatic heterocycles. The number of morpholine rings is 1. The fourth-order valence-electron chi connectivity index (χ4n) is 3.20. The van der Waals surface area contributed by atoms with Crippen LogP contribution in [-0.4, -0.2) is 47.1 Å². The number of nitrogen functional groups attached to an aromatic ring is 1. The second kappa shape index (κ2) is 5.14. The molecule has 2 unspecified atom stereocenters. The van der Waals surface area contributed by atoms with Crippen LogP contribution in [0.15, 0.2) is 0 Å². The van der Waals surface area contributed by atoms with Crippen molar-refractivity contribution in [3.63, 3.8) is 0 Å². The molecule has 114 valence electrons. The van der Waals surface area contributed by atoms with Gasteiger partial charge >= 0.3 is 0 Å². The lowest BCUT2D eigenvalue weighted by Gasteiger charge is -2.31. The van der Waals surface area contributed by atoms with Crippen LogP contribution in [-0.2, 0) is 4.74 Å². The van der Waals surface area contributed by atoms with Gasteiger partial charge in [-0.05, 0) is 32.1 Å². The zero-order chi connectivity index (χ0) is 14.4. The number of carbonyl (C=O) groups excluding carboxylic acids is 1. The van der Waals surface area contributed by atoms with Crippen LogP contribution in [0.2, 0.25) is 0 Å². The van der Waals surface area contributed by atoms with Crippen molar-refractivity contribution in [1.29, 1.82) is 0 Å². The monoisotopic (exact) mass is 308 g/mol. The lowest BCUT2D eigenvalue weighted by atomic mass is 9.93. The van der Waals surface area contributed by atoms with E-state index in [9.17, 15) is 4.79 Å². The predicted octanol–water partition coefficient (Wildman–Crippen LogP) is 1.69. The van der Waals surface area contributed by atoms with E-state index in [1.54, 1.807) is 0 Å². The summed E-state index contributed by atoms with van der Waals surface area (Å²) in [5.74, 6) is 0.359. The Morgan fingerprint density at radius 1 is 1.29 bits per heavy atom. The van der Waals surface area contributed by atoms with Crippen LogP contribution >= 0.6 is 11.3 Å². The quantitative estimate of drug-likeness (QED) is 0.888. The van der Waals surface area contributed by atoms with Crippen molar-refractivity contribution < 1.29 is 9.53 Å². The fraction of sp³-hybridized carbons (Fsp3) is 0.714. The predicted molar refractivity (Wildman–Crippen MR) is 81.6 cm³/mol. The maximum Gasteiger partial charge on any atom is 0.268 e.